The Labute approximate surface area is 87.5 Å². The van der Waals surface area contributed by atoms with Gasteiger partial charge in [0.1, 0.15) is 6.29 Å². The van der Waals surface area contributed by atoms with Gasteiger partial charge in [0.15, 0.2) is 11.6 Å². The lowest BCUT2D eigenvalue weighted by atomic mass is 10.2. The molecule has 1 unspecified atom stereocenters. The van der Waals surface area contributed by atoms with E-state index in [-0.39, 0.29) is 17.9 Å². The Morgan fingerprint density at radius 2 is 2.33 bits per heavy atom. The number of benzene rings is 1. The molecule has 4 heteroatoms. The highest BCUT2D eigenvalue weighted by molar-refractivity contribution is 5.74. The molecule has 0 aliphatic rings. The maximum atomic E-state index is 13.2. The van der Waals surface area contributed by atoms with Gasteiger partial charge in [-0.05, 0) is 25.1 Å². The van der Waals surface area contributed by atoms with Gasteiger partial charge in [-0.3, -0.25) is 4.79 Å². The Kier molecular flexibility index (Phi) is 4.24. The summed E-state index contributed by atoms with van der Waals surface area (Å²) in [6.07, 6.45) is 0.541. The van der Waals surface area contributed by atoms with Crippen LogP contribution in [-0.4, -0.2) is 24.1 Å². The van der Waals surface area contributed by atoms with Crippen molar-refractivity contribution in [3.8, 4) is 5.75 Å². The molecular formula is C11H13FO3. The number of aldehydes is 1. The van der Waals surface area contributed by atoms with Crippen LogP contribution in [-0.2, 0) is 0 Å². The monoisotopic (exact) mass is 212 g/mol. The fourth-order valence-electron chi connectivity index (χ4n) is 1.05. The third-order valence-electron chi connectivity index (χ3n) is 1.89. The zero-order valence-electron chi connectivity index (χ0n) is 8.44. The summed E-state index contributed by atoms with van der Waals surface area (Å²) < 4.78 is 18.3. The number of aliphatic hydroxyl groups excluding tert-OH is 1. The fraction of sp³-hybridized carbons (Fsp3) is 0.364. The summed E-state index contributed by atoms with van der Waals surface area (Å²) in [5, 5.41) is 8.96. The van der Waals surface area contributed by atoms with Gasteiger partial charge >= 0.3 is 0 Å². The van der Waals surface area contributed by atoms with Crippen LogP contribution in [0.15, 0.2) is 18.2 Å². The van der Waals surface area contributed by atoms with Crippen LogP contribution in [0.2, 0.25) is 0 Å². The second-order valence-corrected chi connectivity index (χ2v) is 3.29. The Bertz CT molecular complexity index is 337. The summed E-state index contributed by atoms with van der Waals surface area (Å²) in [6, 6.07) is 4.00. The minimum absolute atomic E-state index is 0.0984. The molecule has 1 rings (SSSR count). The van der Waals surface area contributed by atoms with Crippen LogP contribution >= 0.6 is 0 Å². The van der Waals surface area contributed by atoms with Gasteiger partial charge in [-0.15, -0.1) is 0 Å². The lowest BCUT2D eigenvalue weighted by molar-refractivity contribution is 0.112. The average molecular weight is 212 g/mol. The molecule has 0 heterocycles. The summed E-state index contributed by atoms with van der Waals surface area (Å²) in [5.74, 6) is -0.466. The van der Waals surface area contributed by atoms with Crippen LogP contribution in [0.5, 0.6) is 5.75 Å². The van der Waals surface area contributed by atoms with E-state index in [1.54, 1.807) is 6.92 Å². The molecule has 0 saturated carbocycles. The van der Waals surface area contributed by atoms with E-state index in [4.69, 9.17) is 9.84 Å². The van der Waals surface area contributed by atoms with Crippen molar-refractivity contribution in [2.75, 3.05) is 6.61 Å². The predicted molar refractivity (Wildman–Crippen MR) is 53.6 cm³/mol. The van der Waals surface area contributed by atoms with E-state index in [9.17, 15) is 9.18 Å². The fourth-order valence-corrected chi connectivity index (χ4v) is 1.05. The largest absolute Gasteiger partial charge is 0.490 e. The molecule has 0 fully saturated rings. The van der Waals surface area contributed by atoms with E-state index in [1.165, 1.54) is 12.1 Å². The molecule has 0 aliphatic heterocycles. The molecule has 0 saturated heterocycles. The van der Waals surface area contributed by atoms with Gasteiger partial charge in [0.05, 0.1) is 12.7 Å². The van der Waals surface area contributed by atoms with Crippen LogP contribution < -0.4 is 4.74 Å². The van der Waals surface area contributed by atoms with Gasteiger partial charge in [0.25, 0.3) is 0 Å². The van der Waals surface area contributed by atoms with Crippen LogP contribution in [0.4, 0.5) is 4.39 Å². The molecule has 82 valence electrons. The Hall–Kier alpha value is -1.42. The maximum absolute atomic E-state index is 13.2. The van der Waals surface area contributed by atoms with Gasteiger partial charge in [-0.1, -0.05) is 0 Å². The van der Waals surface area contributed by atoms with Crippen LogP contribution in [0, 0.1) is 5.82 Å². The first-order valence-electron chi connectivity index (χ1n) is 4.69. The summed E-state index contributed by atoms with van der Waals surface area (Å²) >= 11 is 0. The minimum atomic E-state index is -0.565. The van der Waals surface area contributed by atoms with Crippen molar-refractivity contribution in [3.05, 3.63) is 29.6 Å². The first kappa shape index (κ1) is 11.7. The molecule has 0 spiro atoms. The summed E-state index contributed by atoms with van der Waals surface area (Å²) in [5.41, 5.74) is 0.273. The zero-order valence-corrected chi connectivity index (χ0v) is 8.44. The highest BCUT2D eigenvalue weighted by Crippen LogP contribution is 2.17. The third-order valence-corrected chi connectivity index (χ3v) is 1.89. The first-order valence-corrected chi connectivity index (χ1v) is 4.69. The van der Waals surface area contributed by atoms with Gasteiger partial charge < -0.3 is 9.84 Å². The van der Waals surface area contributed by atoms with Crippen molar-refractivity contribution in [1.82, 2.24) is 0 Å². The molecule has 3 nitrogen and oxygen atoms in total. The zero-order chi connectivity index (χ0) is 11.3. The molecule has 15 heavy (non-hydrogen) atoms. The van der Waals surface area contributed by atoms with Crippen molar-refractivity contribution in [2.24, 2.45) is 0 Å². The molecule has 0 amide bonds. The van der Waals surface area contributed by atoms with E-state index in [0.717, 1.165) is 6.07 Å². The van der Waals surface area contributed by atoms with Gasteiger partial charge in [0, 0.05) is 12.0 Å². The van der Waals surface area contributed by atoms with Gasteiger partial charge in [0.2, 0.25) is 0 Å². The molecule has 0 aliphatic carbocycles. The topological polar surface area (TPSA) is 46.5 Å². The van der Waals surface area contributed by atoms with Gasteiger partial charge in [-0.2, -0.15) is 0 Å². The summed E-state index contributed by atoms with van der Waals surface area (Å²) in [6.45, 7) is 1.88. The van der Waals surface area contributed by atoms with Crippen LogP contribution in [0.1, 0.15) is 23.7 Å². The van der Waals surface area contributed by atoms with Crippen LogP contribution in [0.3, 0.4) is 0 Å². The lowest BCUT2D eigenvalue weighted by Crippen LogP contribution is -2.08. The van der Waals surface area contributed by atoms with E-state index in [2.05, 4.69) is 0 Å². The van der Waals surface area contributed by atoms with E-state index in [0.29, 0.717) is 12.7 Å². The second-order valence-electron chi connectivity index (χ2n) is 3.29. The molecule has 1 atom stereocenters. The van der Waals surface area contributed by atoms with E-state index in [1.807, 2.05) is 0 Å². The second kappa shape index (κ2) is 5.46. The smallest absolute Gasteiger partial charge is 0.165 e. The summed E-state index contributed by atoms with van der Waals surface area (Å²) in [7, 11) is 0. The lowest BCUT2D eigenvalue weighted by Gasteiger charge is -2.08. The van der Waals surface area contributed by atoms with Crippen LogP contribution in [0.25, 0.3) is 0 Å². The normalized spacial score (nSPS) is 12.2. The highest BCUT2D eigenvalue weighted by atomic mass is 19.1. The number of hydrogen-bond acceptors (Lipinski definition) is 3. The molecule has 0 aromatic heterocycles. The SMILES string of the molecule is CC(O)CCOc1ccc(C=O)cc1F. The Balaban J connectivity index is 2.58. The third kappa shape index (κ3) is 3.67. The number of carbonyl (C=O) groups excluding carboxylic acids is 1. The highest BCUT2D eigenvalue weighted by Gasteiger charge is 2.04. The molecule has 0 bridgehead atoms. The number of carbonyl (C=O) groups is 1. The predicted octanol–water partition coefficient (Wildman–Crippen LogP) is 1.79. The quantitative estimate of drug-likeness (QED) is 0.757. The Morgan fingerprint density at radius 1 is 1.60 bits per heavy atom. The van der Waals surface area contributed by atoms with Crippen molar-refractivity contribution in [2.45, 2.75) is 19.4 Å². The first-order chi connectivity index (χ1) is 7.13. The molecule has 1 N–H and O–H groups in total. The standard InChI is InChI=1S/C11H13FO3/c1-8(14)4-5-15-11-3-2-9(7-13)6-10(11)12/h2-3,6-8,14H,4-5H2,1H3. The van der Waals surface area contributed by atoms with Crippen molar-refractivity contribution < 1.29 is 19.0 Å². The number of rotatable bonds is 5. The number of aliphatic hydroxyl groups is 1. The van der Waals surface area contributed by atoms with E-state index < -0.39 is 11.9 Å². The minimum Gasteiger partial charge on any atom is -0.490 e. The van der Waals surface area contributed by atoms with E-state index >= 15 is 0 Å². The van der Waals surface area contributed by atoms with Crippen molar-refractivity contribution >= 4 is 6.29 Å². The van der Waals surface area contributed by atoms with Crippen molar-refractivity contribution in [1.29, 1.82) is 0 Å². The molecule has 0 radical (unpaired) electrons. The maximum Gasteiger partial charge on any atom is 0.165 e. The average Bonchev–Trinajstić information content (AvgIpc) is 2.20. The number of halogens is 1. The number of hydrogen-bond donors (Lipinski definition) is 1. The van der Waals surface area contributed by atoms with Gasteiger partial charge in [-0.25, -0.2) is 4.39 Å². The Morgan fingerprint density at radius 3 is 2.87 bits per heavy atom. The molecule has 1 aromatic rings. The molecular weight excluding hydrogens is 199 g/mol. The summed E-state index contributed by atoms with van der Waals surface area (Å²) in [4.78, 5) is 10.3. The number of ether oxygens (including phenoxy) is 1. The molecule has 1 aromatic carbocycles. The van der Waals surface area contributed by atoms with Crippen molar-refractivity contribution in [3.63, 3.8) is 0 Å².